The van der Waals surface area contributed by atoms with Crippen LogP contribution in [0.4, 0.5) is 0 Å². The van der Waals surface area contributed by atoms with Crippen LogP contribution in [-0.4, -0.2) is 50.6 Å². The Labute approximate surface area is 115 Å². The number of sulfone groups is 1. The van der Waals surface area contributed by atoms with Gasteiger partial charge in [-0.1, -0.05) is 30.3 Å². The van der Waals surface area contributed by atoms with E-state index in [1.165, 1.54) is 0 Å². The molecule has 1 aromatic rings. The van der Waals surface area contributed by atoms with Crippen molar-refractivity contribution in [3.63, 3.8) is 0 Å². The first kappa shape index (κ1) is 14.5. The molecule has 1 unspecified atom stereocenters. The third-order valence-corrected chi connectivity index (χ3v) is 4.94. The minimum atomic E-state index is -2.79. The zero-order valence-electron chi connectivity index (χ0n) is 11.3. The predicted octanol–water partition coefficient (Wildman–Crippen LogP) is 1.32. The van der Waals surface area contributed by atoms with E-state index < -0.39 is 9.84 Å². The van der Waals surface area contributed by atoms with E-state index in [1.54, 1.807) is 0 Å². The molecule has 0 N–H and O–H groups in total. The summed E-state index contributed by atoms with van der Waals surface area (Å²) in [5.74, 6) is 0.552. The molecule has 0 saturated carbocycles. The van der Waals surface area contributed by atoms with Gasteiger partial charge in [0.1, 0.15) is 0 Å². The summed E-state index contributed by atoms with van der Waals surface area (Å²) in [4.78, 5) is 2.16. The van der Waals surface area contributed by atoms with Crippen LogP contribution >= 0.6 is 0 Å². The second kappa shape index (κ2) is 6.50. The standard InChI is InChI=1S/C14H21NO3S/c1-13(18-12-14-5-3-2-4-6-14)11-15-7-9-19(16,17)10-8-15/h2-6,13H,7-12H2,1H3. The van der Waals surface area contributed by atoms with Crippen LogP contribution in [0.25, 0.3) is 0 Å². The van der Waals surface area contributed by atoms with Crippen molar-refractivity contribution in [3.05, 3.63) is 35.9 Å². The lowest BCUT2D eigenvalue weighted by molar-refractivity contribution is 0.0285. The molecule has 1 saturated heterocycles. The van der Waals surface area contributed by atoms with Crippen LogP contribution in [0.3, 0.4) is 0 Å². The zero-order chi connectivity index (χ0) is 13.7. The fraction of sp³-hybridized carbons (Fsp3) is 0.571. The molecule has 0 spiro atoms. The minimum absolute atomic E-state index is 0.112. The van der Waals surface area contributed by atoms with E-state index >= 15 is 0 Å². The Kier molecular flexibility index (Phi) is 4.96. The van der Waals surface area contributed by atoms with Gasteiger partial charge in [0.25, 0.3) is 0 Å². The van der Waals surface area contributed by atoms with Crippen LogP contribution in [-0.2, 0) is 21.2 Å². The molecular formula is C14H21NO3S. The fourth-order valence-electron chi connectivity index (χ4n) is 2.16. The lowest BCUT2D eigenvalue weighted by Gasteiger charge is -2.28. The van der Waals surface area contributed by atoms with Crippen LogP contribution in [0.1, 0.15) is 12.5 Å². The average molecular weight is 283 g/mol. The molecule has 5 heteroatoms. The van der Waals surface area contributed by atoms with Crippen LogP contribution in [0.5, 0.6) is 0 Å². The van der Waals surface area contributed by atoms with Crippen molar-refractivity contribution in [3.8, 4) is 0 Å². The fourth-order valence-corrected chi connectivity index (χ4v) is 3.44. The van der Waals surface area contributed by atoms with Crippen LogP contribution in [0.15, 0.2) is 30.3 Å². The zero-order valence-corrected chi connectivity index (χ0v) is 12.1. The average Bonchev–Trinajstić information content (AvgIpc) is 2.40. The van der Waals surface area contributed by atoms with E-state index in [9.17, 15) is 8.42 Å². The molecule has 0 bridgehead atoms. The van der Waals surface area contributed by atoms with Gasteiger partial charge in [-0.25, -0.2) is 8.42 Å². The van der Waals surface area contributed by atoms with Gasteiger partial charge in [0, 0.05) is 19.6 Å². The predicted molar refractivity (Wildman–Crippen MR) is 75.8 cm³/mol. The Balaban J connectivity index is 1.72. The van der Waals surface area contributed by atoms with Gasteiger partial charge in [-0.05, 0) is 12.5 Å². The summed E-state index contributed by atoms with van der Waals surface area (Å²) in [7, 11) is -2.79. The number of hydrogen-bond donors (Lipinski definition) is 0. The van der Waals surface area contributed by atoms with Crippen molar-refractivity contribution < 1.29 is 13.2 Å². The van der Waals surface area contributed by atoms with Crippen LogP contribution < -0.4 is 0 Å². The number of hydrogen-bond acceptors (Lipinski definition) is 4. The molecule has 1 atom stereocenters. The lowest BCUT2D eigenvalue weighted by Crippen LogP contribution is -2.43. The highest BCUT2D eigenvalue weighted by molar-refractivity contribution is 7.91. The van der Waals surface area contributed by atoms with Gasteiger partial charge in [-0.3, -0.25) is 4.90 Å². The van der Waals surface area contributed by atoms with Gasteiger partial charge in [-0.15, -0.1) is 0 Å². The number of ether oxygens (including phenoxy) is 1. The highest BCUT2D eigenvalue weighted by Crippen LogP contribution is 2.08. The minimum Gasteiger partial charge on any atom is -0.373 e. The van der Waals surface area contributed by atoms with E-state index in [0.717, 1.165) is 12.1 Å². The van der Waals surface area contributed by atoms with Gasteiger partial charge >= 0.3 is 0 Å². The Morgan fingerprint density at radius 2 is 1.84 bits per heavy atom. The first-order valence-electron chi connectivity index (χ1n) is 6.63. The van der Waals surface area contributed by atoms with Crippen molar-refractivity contribution in [2.24, 2.45) is 0 Å². The summed E-state index contributed by atoms with van der Waals surface area (Å²) in [6.45, 7) is 4.69. The van der Waals surface area contributed by atoms with Gasteiger partial charge in [0.2, 0.25) is 0 Å². The molecule has 0 radical (unpaired) electrons. The van der Waals surface area contributed by atoms with E-state index in [2.05, 4.69) is 4.90 Å². The Hall–Kier alpha value is -0.910. The third kappa shape index (κ3) is 4.93. The molecular weight excluding hydrogens is 262 g/mol. The lowest BCUT2D eigenvalue weighted by atomic mass is 10.2. The van der Waals surface area contributed by atoms with Gasteiger partial charge in [0.15, 0.2) is 9.84 Å². The van der Waals surface area contributed by atoms with Crippen molar-refractivity contribution in [1.29, 1.82) is 0 Å². The summed E-state index contributed by atoms with van der Waals surface area (Å²) >= 11 is 0. The summed E-state index contributed by atoms with van der Waals surface area (Å²) in [6.07, 6.45) is 0.112. The molecule has 0 amide bonds. The van der Waals surface area contributed by atoms with Crippen molar-refractivity contribution in [2.45, 2.75) is 19.6 Å². The molecule has 1 aromatic carbocycles. The van der Waals surface area contributed by atoms with E-state index in [-0.39, 0.29) is 17.6 Å². The normalized spacial score (nSPS) is 21.1. The molecule has 106 valence electrons. The summed E-state index contributed by atoms with van der Waals surface area (Å²) in [6, 6.07) is 10.1. The molecule has 2 rings (SSSR count). The Morgan fingerprint density at radius 1 is 1.21 bits per heavy atom. The Morgan fingerprint density at radius 3 is 2.47 bits per heavy atom. The maximum absolute atomic E-state index is 11.3. The van der Waals surface area contributed by atoms with Gasteiger partial charge < -0.3 is 4.74 Å². The summed E-state index contributed by atoms with van der Waals surface area (Å²) in [5.41, 5.74) is 1.16. The van der Waals surface area contributed by atoms with E-state index in [0.29, 0.717) is 19.7 Å². The largest absolute Gasteiger partial charge is 0.373 e. The monoisotopic (exact) mass is 283 g/mol. The first-order valence-corrected chi connectivity index (χ1v) is 8.45. The SMILES string of the molecule is CC(CN1CCS(=O)(=O)CC1)OCc1ccccc1. The molecule has 0 aliphatic carbocycles. The smallest absolute Gasteiger partial charge is 0.152 e. The summed E-state index contributed by atoms with van der Waals surface area (Å²) in [5, 5.41) is 0. The molecule has 19 heavy (non-hydrogen) atoms. The second-order valence-corrected chi connectivity index (χ2v) is 7.36. The number of benzene rings is 1. The molecule has 1 fully saturated rings. The topological polar surface area (TPSA) is 46.6 Å². The highest BCUT2D eigenvalue weighted by Gasteiger charge is 2.22. The molecule has 1 aliphatic rings. The quantitative estimate of drug-likeness (QED) is 0.818. The van der Waals surface area contributed by atoms with Gasteiger partial charge in [-0.2, -0.15) is 0 Å². The molecule has 1 heterocycles. The maximum Gasteiger partial charge on any atom is 0.152 e. The second-order valence-electron chi connectivity index (χ2n) is 5.06. The van der Waals surface area contributed by atoms with Gasteiger partial charge in [0.05, 0.1) is 24.2 Å². The van der Waals surface area contributed by atoms with Crippen LogP contribution in [0.2, 0.25) is 0 Å². The summed E-state index contributed by atoms with van der Waals surface area (Å²) < 4.78 is 28.5. The molecule has 1 aliphatic heterocycles. The van der Waals surface area contributed by atoms with Crippen LogP contribution in [0, 0.1) is 0 Å². The van der Waals surface area contributed by atoms with E-state index in [1.807, 2.05) is 37.3 Å². The van der Waals surface area contributed by atoms with E-state index in [4.69, 9.17) is 4.74 Å². The van der Waals surface area contributed by atoms with Crippen molar-refractivity contribution in [2.75, 3.05) is 31.1 Å². The molecule has 4 nitrogen and oxygen atoms in total. The Bertz CT molecular complexity index is 473. The molecule has 0 aromatic heterocycles. The van der Waals surface area contributed by atoms with Crippen molar-refractivity contribution >= 4 is 9.84 Å². The number of nitrogens with zero attached hydrogens (tertiary/aromatic N) is 1. The first-order chi connectivity index (χ1) is 9.05. The maximum atomic E-state index is 11.3. The number of rotatable bonds is 5. The highest BCUT2D eigenvalue weighted by atomic mass is 32.2. The third-order valence-electron chi connectivity index (χ3n) is 3.33. The van der Waals surface area contributed by atoms with Crippen molar-refractivity contribution in [1.82, 2.24) is 4.90 Å².